The first-order valence-corrected chi connectivity index (χ1v) is 16.4. The van der Waals surface area contributed by atoms with Crippen LogP contribution in [-0.4, -0.2) is 92.3 Å². The van der Waals surface area contributed by atoms with E-state index in [0.29, 0.717) is 38.0 Å². The molecule has 0 amide bonds. The summed E-state index contributed by atoms with van der Waals surface area (Å²) < 4.78 is 22.7. The van der Waals surface area contributed by atoms with Crippen LogP contribution in [0.4, 0.5) is 11.8 Å². The Balaban J connectivity index is 1.31. The second kappa shape index (κ2) is 14.3. The van der Waals surface area contributed by atoms with Gasteiger partial charge in [0.15, 0.2) is 5.65 Å². The number of nitrogens with zero attached hydrogens (tertiary/aromatic N) is 5. The first-order chi connectivity index (χ1) is 21.9. The van der Waals surface area contributed by atoms with Crippen LogP contribution in [0.2, 0.25) is 0 Å². The van der Waals surface area contributed by atoms with Crippen molar-refractivity contribution < 1.29 is 23.7 Å². The number of anilines is 2. The summed E-state index contributed by atoms with van der Waals surface area (Å²) in [5.74, 6) is 2.15. The highest BCUT2D eigenvalue weighted by molar-refractivity contribution is 5.90. The maximum atomic E-state index is 12.6. The fourth-order valence-corrected chi connectivity index (χ4v) is 6.87. The molecule has 3 aliphatic rings. The van der Waals surface area contributed by atoms with Crippen molar-refractivity contribution in [1.82, 2.24) is 20.3 Å². The Bertz CT molecular complexity index is 1470. The lowest BCUT2D eigenvalue weighted by Crippen LogP contribution is -2.46. The van der Waals surface area contributed by atoms with Crippen LogP contribution in [0.25, 0.3) is 22.3 Å². The maximum Gasteiger partial charge on any atom is 0.310 e. The van der Waals surface area contributed by atoms with Crippen molar-refractivity contribution in [2.24, 2.45) is 5.92 Å². The molecule has 3 fully saturated rings. The van der Waals surface area contributed by atoms with E-state index in [9.17, 15) is 4.79 Å². The number of pyridine rings is 1. The number of benzene rings is 1. The standard InChI is InChI=1S/C34H46N6O5/c1-5-44-33(41)26-8-6-7-9-29(26)35-19-25-18-24(10-13-30(25)42-4)28-12-11-27-31(36-28)37-34(40-20-22(2)45-23(3)21-40)38-32(27)39-14-16-43-17-15-39/h10-13,18,22-23,26,29,35H,5-9,14-17,19-21H2,1-4H3. The smallest absolute Gasteiger partial charge is 0.310 e. The van der Waals surface area contributed by atoms with Gasteiger partial charge in [-0.3, -0.25) is 4.79 Å². The fourth-order valence-electron chi connectivity index (χ4n) is 6.87. The predicted molar refractivity (Wildman–Crippen MR) is 174 cm³/mol. The van der Waals surface area contributed by atoms with Crippen LogP contribution in [0.3, 0.4) is 0 Å². The summed E-state index contributed by atoms with van der Waals surface area (Å²) in [6.07, 6.45) is 4.14. The fraction of sp³-hybridized carbons (Fsp3) is 0.588. The molecule has 2 saturated heterocycles. The number of fused-ring (bicyclic) bond motifs is 1. The van der Waals surface area contributed by atoms with E-state index in [4.69, 9.17) is 33.9 Å². The molecular formula is C34H46N6O5. The number of morpholine rings is 2. The minimum atomic E-state index is -0.123. The lowest BCUT2D eigenvalue weighted by atomic mass is 9.84. The van der Waals surface area contributed by atoms with Gasteiger partial charge in [-0.2, -0.15) is 9.97 Å². The summed E-state index contributed by atoms with van der Waals surface area (Å²) in [6, 6.07) is 10.4. The molecule has 2 aliphatic heterocycles. The summed E-state index contributed by atoms with van der Waals surface area (Å²) >= 11 is 0. The highest BCUT2D eigenvalue weighted by atomic mass is 16.5. The summed E-state index contributed by atoms with van der Waals surface area (Å²) in [4.78, 5) is 32.3. The van der Waals surface area contributed by atoms with E-state index in [2.05, 4.69) is 41.1 Å². The third kappa shape index (κ3) is 7.15. The van der Waals surface area contributed by atoms with Gasteiger partial charge >= 0.3 is 5.97 Å². The van der Waals surface area contributed by atoms with Gasteiger partial charge in [0.1, 0.15) is 11.6 Å². The molecule has 1 aromatic carbocycles. The summed E-state index contributed by atoms with van der Waals surface area (Å²) in [5.41, 5.74) is 3.48. The normalized spacial score (nSPS) is 24.1. The molecule has 4 atom stereocenters. The molecule has 11 nitrogen and oxygen atoms in total. The number of rotatable bonds is 9. The highest BCUT2D eigenvalue weighted by Gasteiger charge is 2.32. The number of carbonyl (C=O) groups excluding carboxylic acids is 1. The van der Waals surface area contributed by atoms with Crippen LogP contribution < -0.4 is 19.9 Å². The Morgan fingerprint density at radius 3 is 2.53 bits per heavy atom. The number of ether oxygens (including phenoxy) is 4. The maximum absolute atomic E-state index is 12.6. The van der Waals surface area contributed by atoms with Crippen molar-refractivity contribution in [3.63, 3.8) is 0 Å². The molecule has 4 heterocycles. The molecule has 4 unspecified atom stereocenters. The number of aromatic nitrogens is 3. The molecule has 6 rings (SSSR count). The zero-order chi connectivity index (χ0) is 31.3. The van der Waals surface area contributed by atoms with Gasteiger partial charge in [-0.1, -0.05) is 12.8 Å². The van der Waals surface area contributed by atoms with Crippen LogP contribution >= 0.6 is 0 Å². The van der Waals surface area contributed by atoms with Gasteiger partial charge in [0.05, 0.1) is 56.1 Å². The second-order valence-corrected chi connectivity index (χ2v) is 12.3. The van der Waals surface area contributed by atoms with Gasteiger partial charge in [-0.05, 0) is 63.9 Å². The lowest BCUT2D eigenvalue weighted by molar-refractivity contribution is -0.150. The van der Waals surface area contributed by atoms with Gasteiger partial charge in [0.25, 0.3) is 0 Å². The first-order valence-electron chi connectivity index (χ1n) is 16.4. The van der Waals surface area contributed by atoms with E-state index in [0.717, 1.165) is 85.6 Å². The number of hydrogen-bond acceptors (Lipinski definition) is 11. The van der Waals surface area contributed by atoms with E-state index in [1.54, 1.807) is 7.11 Å². The van der Waals surface area contributed by atoms with Crippen molar-refractivity contribution in [2.75, 3.05) is 62.9 Å². The predicted octanol–water partition coefficient (Wildman–Crippen LogP) is 4.36. The van der Waals surface area contributed by atoms with Gasteiger partial charge in [-0.15, -0.1) is 0 Å². The summed E-state index contributed by atoms with van der Waals surface area (Å²) in [5, 5.41) is 4.58. The molecule has 0 spiro atoms. The van der Waals surface area contributed by atoms with Gasteiger partial charge in [0, 0.05) is 49.9 Å². The van der Waals surface area contributed by atoms with Crippen molar-refractivity contribution >= 4 is 28.8 Å². The Hall–Kier alpha value is -3.54. The van der Waals surface area contributed by atoms with Crippen molar-refractivity contribution in [3.8, 4) is 17.0 Å². The molecule has 1 saturated carbocycles. The average molecular weight is 619 g/mol. The monoisotopic (exact) mass is 618 g/mol. The van der Waals surface area contributed by atoms with E-state index < -0.39 is 0 Å². The quantitative estimate of drug-likeness (QED) is 0.345. The molecule has 0 radical (unpaired) electrons. The van der Waals surface area contributed by atoms with Crippen LogP contribution in [0.15, 0.2) is 30.3 Å². The minimum Gasteiger partial charge on any atom is -0.496 e. The molecule has 1 aliphatic carbocycles. The first kappa shape index (κ1) is 31.4. The number of esters is 1. The average Bonchev–Trinajstić information content (AvgIpc) is 3.06. The second-order valence-electron chi connectivity index (χ2n) is 12.3. The van der Waals surface area contributed by atoms with E-state index in [1.807, 2.05) is 25.1 Å². The lowest BCUT2D eigenvalue weighted by Gasteiger charge is -2.36. The third-order valence-corrected chi connectivity index (χ3v) is 9.03. The Morgan fingerprint density at radius 2 is 1.78 bits per heavy atom. The number of nitrogens with one attached hydrogen (secondary N) is 1. The van der Waals surface area contributed by atoms with Crippen LogP contribution in [0, 0.1) is 5.92 Å². The number of carbonyl (C=O) groups is 1. The van der Waals surface area contributed by atoms with Gasteiger partial charge in [0.2, 0.25) is 5.95 Å². The third-order valence-electron chi connectivity index (χ3n) is 9.03. The zero-order valence-corrected chi connectivity index (χ0v) is 27.0. The summed E-state index contributed by atoms with van der Waals surface area (Å²) in [6.45, 7) is 11.4. The molecular weight excluding hydrogens is 572 g/mol. The molecule has 242 valence electrons. The molecule has 0 bridgehead atoms. The molecule has 11 heteroatoms. The van der Waals surface area contributed by atoms with Crippen molar-refractivity contribution in [3.05, 3.63) is 35.9 Å². The van der Waals surface area contributed by atoms with Crippen molar-refractivity contribution in [2.45, 2.75) is 71.2 Å². The van der Waals surface area contributed by atoms with Gasteiger partial charge < -0.3 is 34.1 Å². The van der Waals surface area contributed by atoms with Crippen LogP contribution in [0.1, 0.15) is 52.0 Å². The van der Waals surface area contributed by atoms with Gasteiger partial charge in [-0.25, -0.2) is 4.98 Å². The Morgan fingerprint density at radius 1 is 1.00 bits per heavy atom. The minimum absolute atomic E-state index is 0.0734. The molecule has 1 N–H and O–H groups in total. The topological polar surface area (TPSA) is 111 Å². The van der Waals surface area contributed by atoms with Crippen molar-refractivity contribution in [1.29, 1.82) is 0 Å². The summed E-state index contributed by atoms with van der Waals surface area (Å²) in [7, 11) is 1.69. The Kier molecular flexibility index (Phi) is 9.97. The number of hydrogen-bond donors (Lipinski definition) is 1. The number of methoxy groups -OCH3 is 1. The highest BCUT2D eigenvalue weighted by Crippen LogP contribution is 2.32. The Labute approximate surface area is 265 Å². The zero-order valence-electron chi connectivity index (χ0n) is 27.0. The largest absolute Gasteiger partial charge is 0.496 e. The molecule has 3 aromatic rings. The van der Waals surface area contributed by atoms with E-state index in [-0.39, 0.29) is 30.1 Å². The van der Waals surface area contributed by atoms with Crippen LogP contribution in [-0.2, 0) is 25.5 Å². The van der Waals surface area contributed by atoms with Crippen LogP contribution in [0.5, 0.6) is 5.75 Å². The van der Waals surface area contributed by atoms with E-state index >= 15 is 0 Å². The SMILES string of the molecule is CCOC(=O)C1CCCCC1NCc1cc(-c2ccc3c(N4CCOCC4)nc(N4CC(C)OC(C)C4)nc3n2)ccc1OC. The molecule has 2 aromatic heterocycles. The van der Waals surface area contributed by atoms with E-state index in [1.165, 1.54) is 0 Å². The molecule has 45 heavy (non-hydrogen) atoms.